The molecule has 174 valence electrons. The van der Waals surface area contributed by atoms with Crippen molar-refractivity contribution in [2.75, 3.05) is 29.4 Å². The van der Waals surface area contributed by atoms with Gasteiger partial charge >= 0.3 is 0 Å². The lowest BCUT2D eigenvalue weighted by Gasteiger charge is -2.30. The van der Waals surface area contributed by atoms with Gasteiger partial charge in [-0.2, -0.15) is 0 Å². The molecular formula is C25H26FN7O. The summed E-state index contributed by atoms with van der Waals surface area (Å²) in [5.74, 6) is 1.40. The van der Waals surface area contributed by atoms with E-state index in [9.17, 15) is 9.50 Å². The van der Waals surface area contributed by atoms with Gasteiger partial charge in [-0.05, 0) is 55.5 Å². The summed E-state index contributed by atoms with van der Waals surface area (Å²) in [6.07, 6.45) is 8.46. The SMILES string of the molecule is OC1CCN(c2cncc(-c3cnc4ccc(N5CCCC5c5cccc(F)c5)nn34)n2)CC1. The summed E-state index contributed by atoms with van der Waals surface area (Å²) < 4.78 is 15.7. The predicted molar refractivity (Wildman–Crippen MR) is 127 cm³/mol. The van der Waals surface area contributed by atoms with Crippen molar-refractivity contribution >= 4 is 17.3 Å². The average molecular weight is 460 g/mol. The second kappa shape index (κ2) is 8.64. The van der Waals surface area contributed by atoms with Crippen LogP contribution in [0.2, 0.25) is 0 Å². The fraction of sp³-hybridized carbons (Fsp3) is 0.360. The maximum absolute atomic E-state index is 13.9. The lowest BCUT2D eigenvalue weighted by Crippen LogP contribution is -2.36. The van der Waals surface area contributed by atoms with Crippen LogP contribution in [-0.4, -0.2) is 55.4 Å². The van der Waals surface area contributed by atoms with Gasteiger partial charge < -0.3 is 14.9 Å². The molecular weight excluding hydrogens is 433 g/mol. The van der Waals surface area contributed by atoms with E-state index < -0.39 is 0 Å². The van der Waals surface area contributed by atoms with Crippen LogP contribution in [-0.2, 0) is 0 Å². The molecule has 34 heavy (non-hydrogen) atoms. The number of aliphatic hydroxyl groups is 1. The average Bonchev–Trinajstić information content (AvgIpc) is 3.52. The topological polar surface area (TPSA) is 82.7 Å². The quantitative estimate of drug-likeness (QED) is 0.499. The molecule has 8 nitrogen and oxygen atoms in total. The number of aromatic nitrogens is 5. The van der Waals surface area contributed by atoms with Crippen molar-refractivity contribution in [2.24, 2.45) is 0 Å². The van der Waals surface area contributed by atoms with Crippen molar-refractivity contribution < 1.29 is 9.50 Å². The number of nitrogens with zero attached hydrogens (tertiary/aromatic N) is 7. The first-order valence-corrected chi connectivity index (χ1v) is 11.8. The Balaban J connectivity index is 1.34. The Hall–Kier alpha value is -3.59. The number of hydrogen-bond acceptors (Lipinski definition) is 7. The smallest absolute Gasteiger partial charge is 0.154 e. The molecule has 2 aliphatic rings. The van der Waals surface area contributed by atoms with Crippen LogP contribution in [0.4, 0.5) is 16.0 Å². The van der Waals surface area contributed by atoms with E-state index in [4.69, 9.17) is 10.1 Å². The monoisotopic (exact) mass is 459 g/mol. The highest BCUT2D eigenvalue weighted by Crippen LogP contribution is 2.35. The van der Waals surface area contributed by atoms with Gasteiger partial charge in [0.2, 0.25) is 0 Å². The van der Waals surface area contributed by atoms with Gasteiger partial charge in [-0.3, -0.25) is 4.98 Å². The van der Waals surface area contributed by atoms with E-state index >= 15 is 0 Å². The molecule has 0 spiro atoms. The molecule has 2 fully saturated rings. The van der Waals surface area contributed by atoms with Crippen molar-refractivity contribution in [1.82, 2.24) is 24.6 Å². The molecule has 2 saturated heterocycles. The van der Waals surface area contributed by atoms with Gasteiger partial charge in [0.05, 0.1) is 30.7 Å². The predicted octanol–water partition coefficient (Wildman–Crippen LogP) is 3.63. The van der Waals surface area contributed by atoms with Crippen LogP contribution < -0.4 is 9.80 Å². The molecule has 0 bridgehead atoms. The third-order valence-corrected chi connectivity index (χ3v) is 6.80. The van der Waals surface area contributed by atoms with Crippen molar-refractivity contribution in [3.63, 3.8) is 0 Å². The molecule has 1 N–H and O–H groups in total. The Kier molecular flexibility index (Phi) is 5.33. The lowest BCUT2D eigenvalue weighted by molar-refractivity contribution is 0.145. The minimum Gasteiger partial charge on any atom is -0.393 e. The van der Waals surface area contributed by atoms with Crippen LogP contribution in [0.1, 0.15) is 37.3 Å². The molecule has 2 aliphatic heterocycles. The van der Waals surface area contributed by atoms with Crippen molar-refractivity contribution in [3.8, 4) is 11.4 Å². The third kappa shape index (κ3) is 3.86. The first kappa shape index (κ1) is 21.0. The highest BCUT2D eigenvalue weighted by Gasteiger charge is 2.28. The molecule has 1 atom stereocenters. The van der Waals surface area contributed by atoms with Crippen LogP contribution in [0.25, 0.3) is 17.0 Å². The number of piperidine rings is 1. The number of rotatable bonds is 4. The van der Waals surface area contributed by atoms with Gasteiger partial charge in [0.1, 0.15) is 28.8 Å². The molecule has 4 aromatic rings. The van der Waals surface area contributed by atoms with Crippen LogP contribution in [0, 0.1) is 5.82 Å². The van der Waals surface area contributed by atoms with Gasteiger partial charge in [0, 0.05) is 19.6 Å². The fourth-order valence-electron chi connectivity index (χ4n) is 5.02. The molecule has 0 saturated carbocycles. The normalized spacial score (nSPS) is 19.3. The van der Waals surface area contributed by atoms with Crippen LogP contribution in [0.5, 0.6) is 0 Å². The molecule has 5 heterocycles. The Morgan fingerprint density at radius 1 is 0.941 bits per heavy atom. The Morgan fingerprint density at radius 2 is 1.82 bits per heavy atom. The summed E-state index contributed by atoms with van der Waals surface area (Å²) in [6, 6.07) is 10.9. The fourth-order valence-corrected chi connectivity index (χ4v) is 5.02. The molecule has 9 heteroatoms. The number of halogens is 1. The van der Waals surface area contributed by atoms with Crippen LogP contribution in [0.15, 0.2) is 55.0 Å². The standard InChI is InChI=1S/C25H26FN7O/c26-18-4-1-3-17(13-18)21-5-2-10-32(21)24-7-6-23-28-15-22(33(23)30-24)20-14-27-16-25(29-20)31-11-8-19(34)9-12-31/h1,3-4,6-7,13-16,19,21,34H,2,5,8-12H2. The molecule has 1 aromatic carbocycles. The maximum atomic E-state index is 13.9. The summed E-state index contributed by atoms with van der Waals surface area (Å²) >= 11 is 0. The highest BCUT2D eigenvalue weighted by atomic mass is 19.1. The molecule has 1 unspecified atom stereocenters. The van der Waals surface area contributed by atoms with Crippen molar-refractivity contribution in [2.45, 2.75) is 37.8 Å². The van der Waals surface area contributed by atoms with Gasteiger partial charge in [-0.1, -0.05) is 12.1 Å². The second-order valence-corrected chi connectivity index (χ2v) is 8.99. The highest BCUT2D eigenvalue weighted by molar-refractivity contribution is 5.61. The Labute approximate surface area is 196 Å². The molecule has 3 aromatic heterocycles. The summed E-state index contributed by atoms with van der Waals surface area (Å²) in [5, 5.41) is 14.7. The van der Waals surface area contributed by atoms with E-state index in [0.717, 1.165) is 73.9 Å². The number of aliphatic hydroxyl groups excluding tert-OH is 1. The van der Waals surface area contributed by atoms with Crippen molar-refractivity contribution in [3.05, 3.63) is 66.4 Å². The number of imidazole rings is 1. The third-order valence-electron chi connectivity index (χ3n) is 6.80. The van der Waals surface area contributed by atoms with Crippen LogP contribution in [0.3, 0.4) is 0 Å². The van der Waals surface area contributed by atoms with E-state index in [0.29, 0.717) is 5.69 Å². The lowest BCUT2D eigenvalue weighted by atomic mass is 10.0. The van der Waals surface area contributed by atoms with E-state index in [1.54, 1.807) is 30.7 Å². The first-order valence-electron chi connectivity index (χ1n) is 11.8. The van der Waals surface area contributed by atoms with Crippen LogP contribution >= 0.6 is 0 Å². The van der Waals surface area contributed by atoms with E-state index in [1.807, 2.05) is 22.7 Å². The first-order chi connectivity index (χ1) is 16.7. The molecule has 6 rings (SSSR count). The number of anilines is 2. The minimum absolute atomic E-state index is 0.0881. The number of hydrogen-bond donors (Lipinski definition) is 1. The van der Waals surface area contributed by atoms with Crippen molar-refractivity contribution in [1.29, 1.82) is 0 Å². The van der Waals surface area contributed by atoms with E-state index in [2.05, 4.69) is 19.8 Å². The van der Waals surface area contributed by atoms with Gasteiger partial charge in [0.25, 0.3) is 0 Å². The zero-order chi connectivity index (χ0) is 23.1. The molecule has 0 aliphatic carbocycles. The van der Waals surface area contributed by atoms with E-state index in [1.165, 1.54) is 6.07 Å². The zero-order valence-corrected chi connectivity index (χ0v) is 18.8. The molecule has 0 radical (unpaired) electrons. The van der Waals surface area contributed by atoms with Gasteiger partial charge in [-0.25, -0.2) is 18.9 Å². The summed E-state index contributed by atoms with van der Waals surface area (Å²) in [7, 11) is 0. The summed E-state index contributed by atoms with van der Waals surface area (Å²) in [5.41, 5.74) is 3.16. The Morgan fingerprint density at radius 3 is 2.68 bits per heavy atom. The van der Waals surface area contributed by atoms with Gasteiger partial charge in [-0.15, -0.1) is 5.10 Å². The maximum Gasteiger partial charge on any atom is 0.154 e. The largest absolute Gasteiger partial charge is 0.393 e. The van der Waals surface area contributed by atoms with Gasteiger partial charge in [0.15, 0.2) is 5.65 Å². The number of fused-ring (bicyclic) bond motifs is 1. The summed E-state index contributed by atoms with van der Waals surface area (Å²) in [4.78, 5) is 18.2. The zero-order valence-electron chi connectivity index (χ0n) is 18.8. The summed E-state index contributed by atoms with van der Waals surface area (Å²) in [6.45, 7) is 2.37. The second-order valence-electron chi connectivity index (χ2n) is 8.99. The number of benzene rings is 1. The molecule has 0 amide bonds. The minimum atomic E-state index is -0.240. The Bertz CT molecular complexity index is 1320. The van der Waals surface area contributed by atoms with E-state index in [-0.39, 0.29) is 18.0 Å².